The fourth-order valence-electron chi connectivity index (χ4n) is 2.37. The van der Waals surface area contributed by atoms with Crippen molar-refractivity contribution in [2.24, 2.45) is 0 Å². The van der Waals surface area contributed by atoms with E-state index in [1.807, 2.05) is 6.92 Å². The van der Waals surface area contributed by atoms with Gasteiger partial charge in [-0.15, -0.1) is 5.10 Å². The zero-order valence-corrected chi connectivity index (χ0v) is 12.6. The van der Waals surface area contributed by atoms with Crippen molar-refractivity contribution in [1.82, 2.24) is 20.1 Å². The second-order valence-electron chi connectivity index (χ2n) is 5.15. The number of hydrogen-bond donors (Lipinski definition) is 1. The second kappa shape index (κ2) is 5.90. The molecule has 8 heteroatoms. The maximum absolute atomic E-state index is 12.4. The van der Waals surface area contributed by atoms with Gasteiger partial charge in [-0.25, -0.2) is 13.4 Å². The molecule has 0 saturated carbocycles. The number of nitrogens with zero attached hydrogens (tertiary/aromatic N) is 3. The lowest BCUT2D eigenvalue weighted by atomic mass is 10.2. The Labute approximate surface area is 118 Å². The van der Waals surface area contributed by atoms with E-state index in [0.717, 1.165) is 12.8 Å². The molecule has 1 unspecified atom stereocenters. The fourth-order valence-corrected chi connectivity index (χ4v) is 4.10. The van der Waals surface area contributed by atoms with Crippen LogP contribution in [0, 0.1) is 6.92 Å². The highest BCUT2D eigenvalue weighted by molar-refractivity contribution is 7.91. The van der Waals surface area contributed by atoms with E-state index in [1.54, 1.807) is 11.8 Å². The van der Waals surface area contributed by atoms with Crippen molar-refractivity contribution < 1.29 is 13.2 Å². The SMILES string of the molecule is CCCCN(C(=O)c1n[nH]c(C)n1)C1CCS(=O)(=O)C1. The zero-order chi connectivity index (χ0) is 14.8. The normalized spacial score (nSPS) is 21.0. The van der Waals surface area contributed by atoms with Crippen molar-refractivity contribution in [3.63, 3.8) is 0 Å². The first-order valence-corrected chi connectivity index (χ1v) is 8.65. The second-order valence-corrected chi connectivity index (χ2v) is 7.38. The highest BCUT2D eigenvalue weighted by Gasteiger charge is 2.35. The first kappa shape index (κ1) is 15.0. The van der Waals surface area contributed by atoms with Crippen molar-refractivity contribution in [2.45, 2.75) is 39.2 Å². The molecule has 1 aliphatic rings. The summed E-state index contributed by atoms with van der Waals surface area (Å²) < 4.78 is 23.2. The van der Waals surface area contributed by atoms with Crippen LogP contribution in [0.2, 0.25) is 0 Å². The molecule has 0 bridgehead atoms. The van der Waals surface area contributed by atoms with E-state index in [1.165, 1.54) is 0 Å². The number of rotatable bonds is 5. The molecule has 112 valence electrons. The van der Waals surface area contributed by atoms with Crippen molar-refractivity contribution in [3.8, 4) is 0 Å². The average Bonchev–Trinajstić information content (AvgIpc) is 2.96. The molecule has 2 heterocycles. The molecule has 0 radical (unpaired) electrons. The molecular weight excluding hydrogens is 280 g/mol. The average molecular weight is 300 g/mol. The van der Waals surface area contributed by atoms with Crippen molar-refractivity contribution >= 4 is 15.7 Å². The van der Waals surface area contributed by atoms with Gasteiger partial charge < -0.3 is 4.90 Å². The minimum absolute atomic E-state index is 0.0475. The summed E-state index contributed by atoms with van der Waals surface area (Å²) in [5, 5.41) is 6.52. The Morgan fingerprint density at radius 3 is 2.75 bits per heavy atom. The van der Waals surface area contributed by atoms with Gasteiger partial charge in [0.15, 0.2) is 9.84 Å². The number of carbonyl (C=O) groups excluding carboxylic acids is 1. The summed E-state index contributed by atoms with van der Waals surface area (Å²) in [6.07, 6.45) is 2.28. The minimum atomic E-state index is -3.02. The van der Waals surface area contributed by atoms with Crippen LogP contribution in [0.1, 0.15) is 42.6 Å². The van der Waals surface area contributed by atoms with Gasteiger partial charge in [-0.2, -0.15) is 0 Å². The number of H-pyrrole nitrogens is 1. The van der Waals surface area contributed by atoms with Gasteiger partial charge in [0.1, 0.15) is 5.82 Å². The molecule has 1 aromatic heterocycles. The molecule has 7 nitrogen and oxygen atoms in total. The number of unbranched alkanes of at least 4 members (excludes halogenated alkanes) is 1. The maximum Gasteiger partial charge on any atom is 0.293 e. The Morgan fingerprint density at radius 1 is 1.50 bits per heavy atom. The van der Waals surface area contributed by atoms with E-state index in [4.69, 9.17) is 0 Å². The van der Waals surface area contributed by atoms with Crippen LogP contribution in [-0.2, 0) is 9.84 Å². The third-order valence-corrected chi connectivity index (χ3v) is 5.20. The van der Waals surface area contributed by atoms with Gasteiger partial charge in [0.05, 0.1) is 11.5 Å². The highest BCUT2D eigenvalue weighted by atomic mass is 32.2. The summed E-state index contributed by atoms with van der Waals surface area (Å²) >= 11 is 0. The fraction of sp³-hybridized carbons (Fsp3) is 0.750. The third kappa shape index (κ3) is 3.36. The van der Waals surface area contributed by atoms with E-state index in [-0.39, 0.29) is 29.3 Å². The number of nitrogens with one attached hydrogen (secondary N) is 1. The standard InChI is InChI=1S/C12H20N4O3S/c1-3-4-6-16(10-5-7-20(18,19)8-10)12(17)11-13-9(2)14-15-11/h10H,3-8H2,1-2H3,(H,13,14,15). The summed E-state index contributed by atoms with van der Waals surface area (Å²) in [5.41, 5.74) is 0. The summed E-state index contributed by atoms with van der Waals surface area (Å²) in [6.45, 7) is 4.30. The summed E-state index contributed by atoms with van der Waals surface area (Å²) in [5.74, 6) is 0.600. The molecule has 2 rings (SSSR count). The first-order chi connectivity index (χ1) is 9.43. The molecule has 0 aromatic carbocycles. The van der Waals surface area contributed by atoms with Gasteiger partial charge >= 0.3 is 0 Å². The molecule has 1 amide bonds. The summed E-state index contributed by atoms with van der Waals surface area (Å²) in [4.78, 5) is 18.1. The van der Waals surface area contributed by atoms with Crippen molar-refractivity contribution in [3.05, 3.63) is 11.6 Å². The molecule has 1 N–H and O–H groups in total. The number of aryl methyl sites for hydroxylation is 1. The lowest BCUT2D eigenvalue weighted by Crippen LogP contribution is -2.42. The van der Waals surface area contributed by atoms with E-state index < -0.39 is 9.84 Å². The molecule has 20 heavy (non-hydrogen) atoms. The van der Waals surface area contributed by atoms with E-state index in [0.29, 0.717) is 18.8 Å². The van der Waals surface area contributed by atoms with Gasteiger partial charge in [0.2, 0.25) is 5.82 Å². The number of aromatic amines is 1. The predicted octanol–water partition coefficient (Wildman–Crippen LogP) is 0.543. The topological polar surface area (TPSA) is 96.0 Å². The Morgan fingerprint density at radius 2 is 2.25 bits per heavy atom. The minimum Gasteiger partial charge on any atom is -0.332 e. The number of carbonyl (C=O) groups is 1. The lowest BCUT2D eigenvalue weighted by Gasteiger charge is -2.27. The van der Waals surface area contributed by atoms with Crippen LogP contribution in [0.4, 0.5) is 0 Å². The van der Waals surface area contributed by atoms with Gasteiger partial charge in [-0.05, 0) is 19.8 Å². The molecule has 0 aliphatic carbocycles. The quantitative estimate of drug-likeness (QED) is 0.856. The Hall–Kier alpha value is -1.44. The van der Waals surface area contributed by atoms with Gasteiger partial charge in [0.25, 0.3) is 5.91 Å². The zero-order valence-electron chi connectivity index (χ0n) is 11.8. The monoisotopic (exact) mass is 300 g/mol. The van der Waals surface area contributed by atoms with Gasteiger partial charge in [-0.3, -0.25) is 9.89 Å². The maximum atomic E-state index is 12.4. The smallest absolute Gasteiger partial charge is 0.293 e. The Kier molecular flexibility index (Phi) is 4.42. The number of hydrogen-bond acceptors (Lipinski definition) is 5. The van der Waals surface area contributed by atoms with Crippen molar-refractivity contribution in [1.29, 1.82) is 0 Å². The summed E-state index contributed by atoms with van der Waals surface area (Å²) in [7, 11) is -3.02. The summed E-state index contributed by atoms with van der Waals surface area (Å²) in [6, 6.07) is -0.252. The van der Waals surface area contributed by atoms with E-state index >= 15 is 0 Å². The first-order valence-electron chi connectivity index (χ1n) is 6.83. The Balaban J connectivity index is 2.17. The molecule has 0 spiro atoms. The highest BCUT2D eigenvalue weighted by Crippen LogP contribution is 2.19. The molecule has 1 aromatic rings. The van der Waals surface area contributed by atoms with Gasteiger partial charge in [-0.1, -0.05) is 13.3 Å². The van der Waals surface area contributed by atoms with Crippen LogP contribution in [0.5, 0.6) is 0 Å². The van der Waals surface area contributed by atoms with Crippen LogP contribution in [0.3, 0.4) is 0 Å². The van der Waals surface area contributed by atoms with Crippen LogP contribution in [0.25, 0.3) is 0 Å². The number of sulfone groups is 1. The molecule has 1 fully saturated rings. The number of amides is 1. The van der Waals surface area contributed by atoms with E-state index in [9.17, 15) is 13.2 Å². The van der Waals surface area contributed by atoms with E-state index in [2.05, 4.69) is 15.2 Å². The molecular formula is C12H20N4O3S. The molecule has 1 aliphatic heterocycles. The van der Waals surface area contributed by atoms with Gasteiger partial charge in [0, 0.05) is 12.6 Å². The number of aromatic nitrogens is 3. The van der Waals surface area contributed by atoms with Crippen LogP contribution in [-0.4, -0.2) is 58.5 Å². The van der Waals surface area contributed by atoms with Crippen LogP contribution < -0.4 is 0 Å². The molecule has 1 saturated heterocycles. The Bertz CT molecular complexity index is 581. The van der Waals surface area contributed by atoms with Crippen LogP contribution in [0.15, 0.2) is 0 Å². The predicted molar refractivity (Wildman–Crippen MR) is 74.1 cm³/mol. The largest absolute Gasteiger partial charge is 0.332 e. The third-order valence-electron chi connectivity index (χ3n) is 3.45. The van der Waals surface area contributed by atoms with Crippen molar-refractivity contribution in [2.75, 3.05) is 18.1 Å². The lowest BCUT2D eigenvalue weighted by molar-refractivity contribution is 0.0682. The molecule has 1 atom stereocenters. The van der Waals surface area contributed by atoms with Crippen LogP contribution >= 0.6 is 0 Å².